The zero-order valence-electron chi connectivity index (χ0n) is 11.0. The van der Waals surface area contributed by atoms with Crippen molar-refractivity contribution in [1.82, 2.24) is 20.2 Å². The van der Waals surface area contributed by atoms with E-state index in [2.05, 4.69) is 21.5 Å². The van der Waals surface area contributed by atoms with Gasteiger partial charge in [0.1, 0.15) is 0 Å². The number of tetrazole rings is 1. The molecule has 0 aliphatic heterocycles. The molecular weight excluding hydrogens is 250 g/mol. The van der Waals surface area contributed by atoms with E-state index in [0.29, 0.717) is 18.9 Å². The summed E-state index contributed by atoms with van der Waals surface area (Å²) in [6.45, 7) is 1.13. The van der Waals surface area contributed by atoms with Crippen LogP contribution in [0.1, 0.15) is 11.1 Å². The van der Waals surface area contributed by atoms with E-state index in [0.717, 1.165) is 16.7 Å². The first kappa shape index (κ1) is 12.5. The van der Waals surface area contributed by atoms with Crippen molar-refractivity contribution in [3.8, 4) is 11.4 Å². The minimum Gasteiger partial charge on any atom is -0.326 e. The standard InChI is InChI=1S/C15H15N5/c16-10-12-5-4-6-13(9-12)11-20-18-15(17-19-20)14-7-2-1-3-8-14/h1-9H,10-11,16H2. The molecule has 0 saturated carbocycles. The van der Waals surface area contributed by atoms with Gasteiger partial charge in [-0.3, -0.25) is 0 Å². The normalized spacial score (nSPS) is 10.7. The fourth-order valence-corrected chi connectivity index (χ4v) is 2.03. The fraction of sp³-hybridized carbons (Fsp3) is 0.133. The zero-order chi connectivity index (χ0) is 13.8. The van der Waals surface area contributed by atoms with Crippen LogP contribution in [0.25, 0.3) is 11.4 Å². The van der Waals surface area contributed by atoms with Gasteiger partial charge in [-0.15, -0.1) is 10.2 Å². The van der Waals surface area contributed by atoms with Gasteiger partial charge in [-0.2, -0.15) is 4.80 Å². The van der Waals surface area contributed by atoms with Gasteiger partial charge in [-0.25, -0.2) is 0 Å². The van der Waals surface area contributed by atoms with Gasteiger partial charge in [0.25, 0.3) is 0 Å². The molecule has 5 heteroatoms. The summed E-state index contributed by atoms with van der Waals surface area (Å²) in [4.78, 5) is 1.60. The second-order valence-electron chi connectivity index (χ2n) is 4.53. The van der Waals surface area contributed by atoms with Gasteiger partial charge in [-0.05, 0) is 16.3 Å². The zero-order valence-corrected chi connectivity index (χ0v) is 11.0. The molecule has 0 fully saturated rings. The van der Waals surface area contributed by atoms with Gasteiger partial charge >= 0.3 is 0 Å². The highest BCUT2D eigenvalue weighted by molar-refractivity contribution is 5.52. The minimum atomic E-state index is 0.536. The highest BCUT2D eigenvalue weighted by atomic mass is 15.6. The molecule has 0 unspecified atom stereocenters. The Hall–Kier alpha value is -2.53. The van der Waals surface area contributed by atoms with E-state index in [4.69, 9.17) is 5.73 Å². The summed E-state index contributed by atoms with van der Waals surface area (Å²) in [5.74, 6) is 0.639. The molecule has 1 aromatic heterocycles. The predicted molar refractivity (Wildman–Crippen MR) is 76.7 cm³/mol. The summed E-state index contributed by atoms with van der Waals surface area (Å²) in [6.07, 6.45) is 0. The molecule has 0 atom stereocenters. The summed E-state index contributed by atoms with van der Waals surface area (Å²) in [5, 5.41) is 12.6. The molecule has 2 aromatic carbocycles. The monoisotopic (exact) mass is 265 g/mol. The van der Waals surface area contributed by atoms with Crippen LogP contribution in [0, 0.1) is 0 Å². The predicted octanol–water partition coefficient (Wildman–Crippen LogP) is 1.85. The Labute approximate surface area is 117 Å². The lowest BCUT2D eigenvalue weighted by molar-refractivity contribution is 0.572. The van der Waals surface area contributed by atoms with E-state index < -0.39 is 0 Å². The highest BCUT2D eigenvalue weighted by Crippen LogP contribution is 2.12. The number of rotatable bonds is 4. The van der Waals surface area contributed by atoms with Crippen LogP contribution in [0.15, 0.2) is 54.6 Å². The Balaban J connectivity index is 1.80. The van der Waals surface area contributed by atoms with Crippen molar-refractivity contribution in [2.75, 3.05) is 0 Å². The quantitative estimate of drug-likeness (QED) is 0.781. The molecule has 0 radical (unpaired) electrons. The van der Waals surface area contributed by atoms with Crippen LogP contribution in [0.2, 0.25) is 0 Å². The Morgan fingerprint density at radius 1 is 0.950 bits per heavy atom. The minimum absolute atomic E-state index is 0.536. The number of aromatic nitrogens is 4. The second kappa shape index (κ2) is 5.63. The maximum absolute atomic E-state index is 5.64. The molecule has 100 valence electrons. The molecule has 0 amide bonds. The van der Waals surface area contributed by atoms with Crippen LogP contribution >= 0.6 is 0 Å². The summed E-state index contributed by atoms with van der Waals surface area (Å²) in [6, 6.07) is 17.9. The van der Waals surface area contributed by atoms with E-state index >= 15 is 0 Å². The van der Waals surface area contributed by atoms with E-state index in [9.17, 15) is 0 Å². The van der Waals surface area contributed by atoms with Crippen molar-refractivity contribution in [3.63, 3.8) is 0 Å². The van der Waals surface area contributed by atoms with Crippen LogP contribution < -0.4 is 5.73 Å². The lowest BCUT2D eigenvalue weighted by Crippen LogP contribution is -2.05. The molecule has 20 heavy (non-hydrogen) atoms. The molecule has 3 aromatic rings. The van der Waals surface area contributed by atoms with E-state index in [1.807, 2.05) is 48.5 Å². The molecule has 0 aliphatic carbocycles. The van der Waals surface area contributed by atoms with Crippen LogP contribution in [0.5, 0.6) is 0 Å². The number of benzene rings is 2. The summed E-state index contributed by atoms with van der Waals surface area (Å²) >= 11 is 0. The van der Waals surface area contributed by atoms with Crippen molar-refractivity contribution in [3.05, 3.63) is 65.7 Å². The van der Waals surface area contributed by atoms with Gasteiger partial charge in [0, 0.05) is 12.1 Å². The first-order valence-corrected chi connectivity index (χ1v) is 6.46. The maximum Gasteiger partial charge on any atom is 0.204 e. The first-order valence-electron chi connectivity index (χ1n) is 6.46. The molecule has 0 spiro atoms. The van der Waals surface area contributed by atoms with Gasteiger partial charge in [-0.1, -0.05) is 54.6 Å². The summed E-state index contributed by atoms with van der Waals surface area (Å²) < 4.78 is 0. The van der Waals surface area contributed by atoms with Crippen LogP contribution in [0.3, 0.4) is 0 Å². The van der Waals surface area contributed by atoms with Gasteiger partial charge in [0.15, 0.2) is 0 Å². The number of hydrogen-bond acceptors (Lipinski definition) is 4. The van der Waals surface area contributed by atoms with E-state index in [-0.39, 0.29) is 0 Å². The summed E-state index contributed by atoms with van der Waals surface area (Å²) in [7, 11) is 0. The Bertz CT molecular complexity index is 690. The van der Waals surface area contributed by atoms with Gasteiger partial charge in [0.05, 0.1) is 6.54 Å². The Morgan fingerprint density at radius 2 is 1.75 bits per heavy atom. The third-order valence-electron chi connectivity index (χ3n) is 3.04. The maximum atomic E-state index is 5.64. The largest absolute Gasteiger partial charge is 0.326 e. The molecular formula is C15H15N5. The SMILES string of the molecule is NCc1cccc(Cn2nnc(-c3ccccc3)n2)c1. The third-order valence-corrected chi connectivity index (χ3v) is 3.04. The van der Waals surface area contributed by atoms with E-state index in [1.54, 1.807) is 4.80 Å². The van der Waals surface area contributed by atoms with Crippen molar-refractivity contribution < 1.29 is 0 Å². The number of hydrogen-bond donors (Lipinski definition) is 1. The smallest absolute Gasteiger partial charge is 0.204 e. The topological polar surface area (TPSA) is 69.6 Å². The Kier molecular flexibility index (Phi) is 3.52. The summed E-state index contributed by atoms with van der Waals surface area (Å²) in [5.41, 5.74) is 8.83. The molecule has 1 heterocycles. The Morgan fingerprint density at radius 3 is 2.55 bits per heavy atom. The molecule has 3 rings (SSSR count). The second-order valence-corrected chi connectivity index (χ2v) is 4.53. The van der Waals surface area contributed by atoms with Crippen LogP contribution in [0.4, 0.5) is 0 Å². The lowest BCUT2D eigenvalue weighted by Gasteiger charge is -2.02. The van der Waals surface area contributed by atoms with Crippen LogP contribution in [-0.2, 0) is 13.1 Å². The van der Waals surface area contributed by atoms with Crippen molar-refractivity contribution >= 4 is 0 Å². The first-order chi connectivity index (χ1) is 9.85. The number of nitrogens with zero attached hydrogens (tertiary/aromatic N) is 4. The van der Waals surface area contributed by atoms with Crippen molar-refractivity contribution in [2.45, 2.75) is 13.1 Å². The molecule has 0 aliphatic rings. The lowest BCUT2D eigenvalue weighted by atomic mass is 10.1. The molecule has 2 N–H and O–H groups in total. The van der Waals surface area contributed by atoms with Crippen LogP contribution in [-0.4, -0.2) is 20.2 Å². The molecule has 0 bridgehead atoms. The van der Waals surface area contributed by atoms with Crippen molar-refractivity contribution in [2.24, 2.45) is 5.73 Å². The molecule has 5 nitrogen and oxygen atoms in total. The number of nitrogens with two attached hydrogens (primary N) is 1. The van der Waals surface area contributed by atoms with Gasteiger partial charge in [0.2, 0.25) is 5.82 Å². The van der Waals surface area contributed by atoms with Crippen molar-refractivity contribution in [1.29, 1.82) is 0 Å². The van der Waals surface area contributed by atoms with E-state index in [1.165, 1.54) is 0 Å². The fourth-order valence-electron chi connectivity index (χ4n) is 2.03. The van der Waals surface area contributed by atoms with Gasteiger partial charge < -0.3 is 5.73 Å². The average Bonchev–Trinajstić information content (AvgIpc) is 2.97. The molecule has 0 saturated heterocycles. The highest BCUT2D eigenvalue weighted by Gasteiger charge is 2.05. The third kappa shape index (κ3) is 2.73. The average molecular weight is 265 g/mol.